The molecule has 0 aromatic heterocycles. The van der Waals surface area contributed by atoms with Crippen LogP contribution < -0.4 is 4.74 Å². The van der Waals surface area contributed by atoms with Gasteiger partial charge in [0.05, 0.1) is 5.56 Å². The average molecular weight is 284 g/mol. The van der Waals surface area contributed by atoms with Crippen LogP contribution in [-0.2, 0) is 6.18 Å². The summed E-state index contributed by atoms with van der Waals surface area (Å²) in [5.74, 6) is -0.874. The molecule has 0 heterocycles. The largest absolute Gasteiger partial charge is 0.454 e. The van der Waals surface area contributed by atoms with E-state index in [-0.39, 0.29) is 17.1 Å². The number of carbonyl (C=O) groups excluding carboxylic acids is 1. The molecule has 2 aromatic rings. The number of ether oxygens (including phenoxy) is 1. The normalized spacial score (nSPS) is 11.2. The summed E-state index contributed by atoms with van der Waals surface area (Å²) >= 11 is 0. The first-order chi connectivity index (χ1) is 9.40. The van der Waals surface area contributed by atoms with Gasteiger partial charge in [0.2, 0.25) is 0 Å². The van der Waals surface area contributed by atoms with Gasteiger partial charge in [-0.05, 0) is 42.5 Å². The molecule has 0 atom stereocenters. The lowest BCUT2D eigenvalue weighted by Crippen LogP contribution is -2.04. The van der Waals surface area contributed by atoms with Crippen molar-refractivity contribution in [3.63, 3.8) is 0 Å². The van der Waals surface area contributed by atoms with Crippen molar-refractivity contribution in [3.05, 3.63) is 59.4 Å². The van der Waals surface area contributed by atoms with Crippen molar-refractivity contribution in [2.75, 3.05) is 0 Å². The van der Waals surface area contributed by atoms with Crippen LogP contribution in [0.1, 0.15) is 15.9 Å². The highest BCUT2D eigenvalue weighted by Gasteiger charge is 2.30. The fraction of sp³-hybridized carbons (Fsp3) is 0.0714. The van der Waals surface area contributed by atoms with Gasteiger partial charge in [-0.2, -0.15) is 13.2 Å². The van der Waals surface area contributed by atoms with E-state index in [4.69, 9.17) is 4.74 Å². The fourth-order valence-electron chi connectivity index (χ4n) is 1.51. The predicted molar refractivity (Wildman–Crippen MR) is 63.3 cm³/mol. The van der Waals surface area contributed by atoms with Crippen LogP contribution in [0.2, 0.25) is 0 Å². The lowest BCUT2D eigenvalue weighted by molar-refractivity contribution is -0.137. The molecule has 6 heteroatoms. The molecule has 2 aromatic carbocycles. The van der Waals surface area contributed by atoms with E-state index in [0.717, 1.165) is 30.3 Å². The lowest BCUT2D eigenvalue weighted by Gasteiger charge is -2.09. The quantitative estimate of drug-likeness (QED) is 0.615. The van der Waals surface area contributed by atoms with E-state index in [2.05, 4.69) is 0 Å². The number of rotatable bonds is 3. The first-order valence-corrected chi connectivity index (χ1v) is 5.50. The van der Waals surface area contributed by atoms with Crippen LogP contribution in [0.25, 0.3) is 0 Å². The maximum Gasteiger partial charge on any atom is 0.416 e. The van der Waals surface area contributed by atoms with Crippen LogP contribution in [0.5, 0.6) is 11.5 Å². The zero-order valence-corrected chi connectivity index (χ0v) is 9.95. The van der Waals surface area contributed by atoms with Crippen LogP contribution in [-0.4, -0.2) is 6.29 Å². The van der Waals surface area contributed by atoms with Crippen molar-refractivity contribution in [3.8, 4) is 11.5 Å². The monoisotopic (exact) mass is 284 g/mol. The van der Waals surface area contributed by atoms with Crippen molar-refractivity contribution in [2.45, 2.75) is 6.18 Å². The Bertz CT molecular complexity index is 618. The van der Waals surface area contributed by atoms with Crippen molar-refractivity contribution in [2.24, 2.45) is 0 Å². The summed E-state index contributed by atoms with van der Waals surface area (Å²) in [6, 6.07) is 7.42. The minimum absolute atomic E-state index is 0.0655. The average Bonchev–Trinajstić information content (AvgIpc) is 2.40. The van der Waals surface area contributed by atoms with Gasteiger partial charge in [0.25, 0.3) is 0 Å². The summed E-state index contributed by atoms with van der Waals surface area (Å²) in [5.41, 5.74) is -0.677. The van der Waals surface area contributed by atoms with E-state index in [0.29, 0.717) is 6.29 Å². The molecule has 0 aliphatic carbocycles. The third-order valence-corrected chi connectivity index (χ3v) is 2.50. The number of alkyl halides is 3. The third kappa shape index (κ3) is 3.14. The number of carbonyl (C=O) groups is 1. The van der Waals surface area contributed by atoms with Crippen molar-refractivity contribution in [1.29, 1.82) is 0 Å². The lowest BCUT2D eigenvalue weighted by atomic mass is 10.2. The minimum Gasteiger partial charge on any atom is -0.454 e. The summed E-state index contributed by atoms with van der Waals surface area (Å²) in [6.45, 7) is 0. The first-order valence-electron chi connectivity index (χ1n) is 5.50. The van der Waals surface area contributed by atoms with E-state index in [1.165, 1.54) is 12.1 Å². The summed E-state index contributed by atoms with van der Waals surface area (Å²) < 4.78 is 55.7. The molecule has 0 unspecified atom stereocenters. The van der Waals surface area contributed by atoms with Gasteiger partial charge in [0.1, 0.15) is 12.0 Å². The second kappa shape index (κ2) is 5.32. The molecule has 2 nitrogen and oxygen atoms in total. The Hall–Kier alpha value is -2.37. The Kier molecular flexibility index (Phi) is 3.74. The molecular formula is C14H8F4O2. The molecule has 0 radical (unpaired) electrons. The van der Waals surface area contributed by atoms with Crippen molar-refractivity contribution < 1.29 is 27.1 Å². The van der Waals surface area contributed by atoms with E-state index in [9.17, 15) is 22.4 Å². The Balaban J connectivity index is 2.20. The zero-order chi connectivity index (χ0) is 14.8. The number of hydrogen-bond donors (Lipinski definition) is 0. The Morgan fingerprint density at radius 2 is 1.65 bits per heavy atom. The summed E-state index contributed by atoms with van der Waals surface area (Å²) in [5, 5.41) is 0. The molecular weight excluding hydrogens is 276 g/mol. The molecule has 0 spiro atoms. The Morgan fingerprint density at radius 3 is 2.15 bits per heavy atom. The third-order valence-electron chi connectivity index (χ3n) is 2.50. The summed E-state index contributed by atoms with van der Waals surface area (Å²) in [6.07, 6.45) is -3.96. The highest BCUT2D eigenvalue weighted by molar-refractivity contribution is 5.75. The fourth-order valence-corrected chi connectivity index (χ4v) is 1.51. The molecule has 20 heavy (non-hydrogen) atoms. The second-order valence-corrected chi connectivity index (χ2v) is 3.93. The molecule has 0 aliphatic rings. The number of benzene rings is 2. The zero-order valence-electron chi connectivity index (χ0n) is 9.95. The van der Waals surface area contributed by atoms with E-state index in [1.807, 2.05) is 0 Å². The van der Waals surface area contributed by atoms with Crippen molar-refractivity contribution >= 4 is 6.29 Å². The van der Waals surface area contributed by atoms with Gasteiger partial charge >= 0.3 is 6.18 Å². The highest BCUT2D eigenvalue weighted by Crippen LogP contribution is 2.31. The maximum atomic E-state index is 13.5. The van der Waals surface area contributed by atoms with Gasteiger partial charge in [-0.15, -0.1) is 0 Å². The molecule has 0 N–H and O–H groups in total. The van der Waals surface area contributed by atoms with Crippen LogP contribution in [0.15, 0.2) is 42.5 Å². The smallest absolute Gasteiger partial charge is 0.416 e. The molecule has 0 saturated heterocycles. The number of hydrogen-bond acceptors (Lipinski definition) is 2. The van der Waals surface area contributed by atoms with Crippen LogP contribution in [0, 0.1) is 5.82 Å². The maximum absolute atomic E-state index is 13.5. The van der Waals surface area contributed by atoms with Gasteiger partial charge in [-0.25, -0.2) is 4.39 Å². The summed E-state index contributed by atoms with van der Waals surface area (Å²) in [7, 11) is 0. The molecule has 0 aliphatic heterocycles. The van der Waals surface area contributed by atoms with Crippen LogP contribution in [0.3, 0.4) is 0 Å². The first kappa shape index (κ1) is 14.0. The summed E-state index contributed by atoms with van der Waals surface area (Å²) in [4.78, 5) is 10.4. The van der Waals surface area contributed by atoms with Gasteiger partial charge in [0, 0.05) is 5.56 Å². The molecule has 0 saturated carbocycles. The van der Waals surface area contributed by atoms with Gasteiger partial charge in [-0.3, -0.25) is 4.79 Å². The standard InChI is InChI=1S/C14H8F4O2/c15-12-7-9(8-19)1-6-13(12)20-11-4-2-10(3-5-11)14(16,17)18/h1-8H. The second-order valence-electron chi connectivity index (χ2n) is 3.93. The molecule has 0 amide bonds. The Morgan fingerprint density at radius 1 is 1.00 bits per heavy atom. The van der Waals surface area contributed by atoms with Crippen LogP contribution >= 0.6 is 0 Å². The van der Waals surface area contributed by atoms with E-state index in [1.54, 1.807) is 0 Å². The number of halogens is 4. The predicted octanol–water partition coefficient (Wildman–Crippen LogP) is 4.45. The van der Waals surface area contributed by atoms with Gasteiger partial charge < -0.3 is 4.74 Å². The van der Waals surface area contributed by atoms with Crippen LogP contribution in [0.4, 0.5) is 17.6 Å². The topological polar surface area (TPSA) is 26.3 Å². The Labute approximate surface area is 111 Å². The van der Waals surface area contributed by atoms with Gasteiger partial charge in [-0.1, -0.05) is 0 Å². The van der Waals surface area contributed by atoms with Crippen molar-refractivity contribution in [1.82, 2.24) is 0 Å². The molecule has 104 valence electrons. The van der Waals surface area contributed by atoms with E-state index < -0.39 is 17.6 Å². The SMILES string of the molecule is O=Cc1ccc(Oc2ccc(C(F)(F)F)cc2)c(F)c1. The van der Waals surface area contributed by atoms with Gasteiger partial charge in [0.15, 0.2) is 11.6 Å². The highest BCUT2D eigenvalue weighted by atomic mass is 19.4. The minimum atomic E-state index is -4.44. The molecule has 2 rings (SSSR count). The molecule has 0 fully saturated rings. The molecule has 0 bridgehead atoms. The van der Waals surface area contributed by atoms with E-state index >= 15 is 0 Å². The number of aldehydes is 1.